The van der Waals surface area contributed by atoms with Crippen LogP contribution >= 0.6 is 11.6 Å². The summed E-state index contributed by atoms with van der Waals surface area (Å²) < 4.78 is 48.4. The van der Waals surface area contributed by atoms with Crippen LogP contribution in [-0.2, 0) is 31.8 Å². The van der Waals surface area contributed by atoms with Gasteiger partial charge in [-0.2, -0.15) is 13.2 Å². The molecule has 0 fully saturated rings. The molecule has 0 radical (unpaired) electrons. The molecular formula is C21H20ClF3N2O7. The Hall–Kier alpha value is -3.38. The number of carbonyl (C=O) groups is 2. The molecule has 0 atom stereocenters. The summed E-state index contributed by atoms with van der Waals surface area (Å²) in [5.41, 5.74) is -1.36. The fourth-order valence-corrected chi connectivity index (χ4v) is 2.98. The minimum absolute atomic E-state index is 0.0183. The van der Waals surface area contributed by atoms with Crippen molar-refractivity contribution in [2.24, 2.45) is 0 Å². The van der Waals surface area contributed by atoms with Gasteiger partial charge >= 0.3 is 12.1 Å². The lowest BCUT2D eigenvalue weighted by molar-refractivity contribution is -0.385. The second-order valence-corrected chi connectivity index (χ2v) is 7.12. The van der Waals surface area contributed by atoms with Crippen molar-refractivity contribution in [2.75, 3.05) is 20.3 Å². The second kappa shape index (κ2) is 11.7. The van der Waals surface area contributed by atoms with Gasteiger partial charge in [-0.3, -0.25) is 24.5 Å². The molecular weight excluding hydrogens is 485 g/mol. The topological polar surface area (TPSA) is 108 Å². The average Bonchev–Trinajstić information content (AvgIpc) is 2.77. The maximum Gasteiger partial charge on any atom is 0.416 e. The number of rotatable bonds is 10. The number of likely N-dealkylation sites (N-methyl/N-ethyl adjacent to an activating group) is 1. The number of benzene rings is 2. The third-order valence-electron chi connectivity index (χ3n) is 4.42. The number of hydrogen-bond donors (Lipinski definition) is 0. The number of amides is 1. The molecule has 0 aromatic heterocycles. The van der Waals surface area contributed by atoms with Gasteiger partial charge in [0.2, 0.25) is 0 Å². The van der Waals surface area contributed by atoms with E-state index in [0.29, 0.717) is 6.07 Å². The first-order chi connectivity index (χ1) is 16.0. The van der Waals surface area contributed by atoms with Crippen molar-refractivity contribution < 1.29 is 42.0 Å². The zero-order valence-corrected chi connectivity index (χ0v) is 18.8. The fraction of sp³-hybridized carbons (Fsp3) is 0.333. The summed E-state index contributed by atoms with van der Waals surface area (Å²) in [6.07, 6.45) is -5.13. The molecule has 2 rings (SSSR count). The quantitative estimate of drug-likeness (QED) is 0.256. The number of hydrogen-bond acceptors (Lipinski definition) is 7. The first-order valence-electron chi connectivity index (χ1n) is 9.78. The molecule has 0 bridgehead atoms. The largest absolute Gasteiger partial charge is 0.469 e. The van der Waals surface area contributed by atoms with E-state index >= 15 is 0 Å². The van der Waals surface area contributed by atoms with Crippen molar-refractivity contribution in [1.82, 2.24) is 5.06 Å². The Morgan fingerprint density at radius 1 is 1.18 bits per heavy atom. The minimum Gasteiger partial charge on any atom is -0.469 e. The summed E-state index contributed by atoms with van der Waals surface area (Å²) in [6, 6.07) is 6.03. The predicted molar refractivity (Wildman–Crippen MR) is 113 cm³/mol. The summed E-state index contributed by atoms with van der Waals surface area (Å²) in [6.45, 7) is 1.58. The van der Waals surface area contributed by atoms with Crippen LogP contribution in [0.15, 0.2) is 36.4 Å². The molecule has 0 unspecified atom stereocenters. The molecule has 2 aromatic rings. The molecule has 0 aliphatic carbocycles. The smallest absolute Gasteiger partial charge is 0.416 e. The number of ether oxygens (including phenoxy) is 2. The number of nitro groups is 1. The Labute approximate surface area is 197 Å². The number of carbonyl (C=O) groups excluding carboxylic acids is 2. The lowest BCUT2D eigenvalue weighted by Crippen LogP contribution is -2.33. The summed E-state index contributed by atoms with van der Waals surface area (Å²) in [4.78, 5) is 39.8. The van der Waals surface area contributed by atoms with Crippen molar-refractivity contribution in [2.45, 2.75) is 25.9 Å². The SMILES string of the molecule is CCN(OCCC(=O)OC)C(=O)Cc1cc(Oc2ccc(C(F)(F)F)cc2Cl)ccc1[N+](=O)[O-]. The van der Waals surface area contributed by atoms with E-state index in [1.807, 2.05) is 0 Å². The summed E-state index contributed by atoms with van der Waals surface area (Å²) in [7, 11) is 1.21. The maximum absolute atomic E-state index is 12.8. The monoisotopic (exact) mass is 504 g/mol. The molecule has 0 aliphatic heterocycles. The molecule has 9 nitrogen and oxygen atoms in total. The van der Waals surface area contributed by atoms with Crippen LogP contribution in [0.25, 0.3) is 0 Å². The number of alkyl halides is 3. The number of methoxy groups -OCH3 is 1. The number of hydroxylamine groups is 2. The highest BCUT2D eigenvalue weighted by atomic mass is 35.5. The average molecular weight is 505 g/mol. The molecule has 0 spiro atoms. The summed E-state index contributed by atoms with van der Waals surface area (Å²) >= 11 is 5.89. The van der Waals surface area contributed by atoms with Crippen molar-refractivity contribution in [3.8, 4) is 11.5 Å². The number of halogens is 4. The molecule has 0 aliphatic rings. The summed E-state index contributed by atoms with van der Waals surface area (Å²) in [5, 5.41) is 12.0. The predicted octanol–water partition coefficient (Wildman–Crippen LogP) is 4.95. The van der Waals surface area contributed by atoms with Crippen molar-refractivity contribution >= 4 is 29.2 Å². The first kappa shape index (κ1) is 26.9. The molecule has 2 aromatic carbocycles. The van der Waals surface area contributed by atoms with Crippen molar-refractivity contribution in [3.63, 3.8) is 0 Å². The molecule has 184 valence electrons. The maximum atomic E-state index is 12.8. The van der Waals surface area contributed by atoms with Crippen molar-refractivity contribution in [1.29, 1.82) is 0 Å². The minimum atomic E-state index is -4.59. The number of esters is 1. The third kappa shape index (κ3) is 7.32. The van der Waals surface area contributed by atoms with E-state index in [1.165, 1.54) is 19.2 Å². The molecule has 0 saturated heterocycles. The lowest BCUT2D eigenvalue weighted by atomic mass is 10.1. The highest BCUT2D eigenvalue weighted by molar-refractivity contribution is 6.32. The van der Waals surface area contributed by atoms with Crippen LogP contribution in [-0.4, -0.2) is 42.1 Å². The van der Waals surface area contributed by atoms with E-state index in [4.69, 9.17) is 21.2 Å². The Balaban J connectivity index is 2.22. The molecule has 13 heteroatoms. The zero-order valence-electron chi connectivity index (χ0n) is 18.1. The molecule has 1 amide bonds. The normalized spacial score (nSPS) is 11.1. The van der Waals surface area contributed by atoms with Crippen LogP contribution in [0, 0.1) is 10.1 Å². The van der Waals surface area contributed by atoms with Crippen LogP contribution in [0.2, 0.25) is 5.02 Å². The fourth-order valence-electron chi connectivity index (χ4n) is 2.76. The van der Waals surface area contributed by atoms with Gasteiger partial charge in [-0.05, 0) is 37.3 Å². The van der Waals surface area contributed by atoms with E-state index in [1.54, 1.807) is 6.92 Å². The highest BCUT2D eigenvalue weighted by Gasteiger charge is 2.31. The van der Waals surface area contributed by atoms with Gasteiger partial charge in [0.15, 0.2) is 0 Å². The van der Waals surface area contributed by atoms with Crippen LogP contribution in [0.4, 0.5) is 18.9 Å². The van der Waals surface area contributed by atoms with Crippen LogP contribution < -0.4 is 4.74 Å². The van der Waals surface area contributed by atoms with Gasteiger partial charge < -0.3 is 9.47 Å². The van der Waals surface area contributed by atoms with Crippen LogP contribution in [0.5, 0.6) is 11.5 Å². The van der Waals surface area contributed by atoms with Crippen molar-refractivity contribution in [3.05, 3.63) is 62.7 Å². The third-order valence-corrected chi connectivity index (χ3v) is 4.72. The first-order valence-corrected chi connectivity index (χ1v) is 10.2. The van der Waals surface area contributed by atoms with E-state index < -0.39 is 35.0 Å². The Morgan fingerprint density at radius 2 is 1.88 bits per heavy atom. The van der Waals surface area contributed by atoms with Gasteiger partial charge in [-0.25, -0.2) is 5.06 Å². The Morgan fingerprint density at radius 3 is 2.44 bits per heavy atom. The van der Waals surface area contributed by atoms with E-state index in [-0.39, 0.29) is 47.3 Å². The molecule has 34 heavy (non-hydrogen) atoms. The summed E-state index contributed by atoms with van der Waals surface area (Å²) in [5.74, 6) is -1.25. The van der Waals surface area contributed by atoms with E-state index in [9.17, 15) is 32.9 Å². The zero-order chi connectivity index (χ0) is 25.5. The van der Waals surface area contributed by atoms with Gasteiger partial charge in [0.05, 0.1) is 42.1 Å². The van der Waals surface area contributed by atoms with Gasteiger partial charge in [0.1, 0.15) is 11.5 Å². The van der Waals surface area contributed by atoms with E-state index in [2.05, 4.69) is 4.74 Å². The van der Waals surface area contributed by atoms with Gasteiger partial charge in [0.25, 0.3) is 11.6 Å². The lowest BCUT2D eigenvalue weighted by Gasteiger charge is -2.20. The highest BCUT2D eigenvalue weighted by Crippen LogP contribution is 2.37. The van der Waals surface area contributed by atoms with Gasteiger partial charge in [0, 0.05) is 18.2 Å². The number of nitro benzene ring substituents is 1. The molecule has 0 N–H and O–H groups in total. The Kier molecular flexibility index (Phi) is 9.21. The molecule has 0 heterocycles. The van der Waals surface area contributed by atoms with Crippen LogP contribution in [0.3, 0.4) is 0 Å². The van der Waals surface area contributed by atoms with Gasteiger partial charge in [-0.15, -0.1) is 0 Å². The molecule has 0 saturated carbocycles. The van der Waals surface area contributed by atoms with E-state index in [0.717, 1.165) is 23.3 Å². The standard InChI is InChI=1S/C21H20ClF3N2O7/c1-3-26(33-9-8-20(29)32-2)19(28)11-13-10-15(5-6-17(13)27(30)31)34-18-7-4-14(12-16(18)22)21(23,24)25/h4-7,10,12H,3,8-9,11H2,1-2H3. The second-order valence-electron chi connectivity index (χ2n) is 6.72. The van der Waals surface area contributed by atoms with Gasteiger partial charge in [-0.1, -0.05) is 11.6 Å². The number of nitrogens with zero attached hydrogens (tertiary/aromatic N) is 2. The van der Waals surface area contributed by atoms with Crippen LogP contribution in [0.1, 0.15) is 24.5 Å². The Bertz CT molecular complexity index is 1060.